The van der Waals surface area contributed by atoms with Crippen LogP contribution in [0.15, 0.2) is 79.3 Å². The second kappa shape index (κ2) is 19.3. The quantitative estimate of drug-likeness (QED) is 0.0699. The number of alkyl halides is 1. The normalized spacial score (nSPS) is 22.1. The smallest absolute Gasteiger partial charge is 0.262 e. The monoisotopic (exact) mass is 957 g/mol. The summed E-state index contributed by atoms with van der Waals surface area (Å²) in [4.78, 5) is 94.9. The predicted octanol–water partition coefficient (Wildman–Crippen LogP) is 6.99. The number of fused-ring (bicyclic) bond motifs is 2. The molecule has 1 unspecified atom stereocenters. The molecule has 1 saturated carbocycles. The highest BCUT2D eigenvalue weighted by Gasteiger charge is 2.45. The number of ether oxygens (including phenoxy) is 1. The maximum atomic E-state index is 16.3. The Balaban J connectivity index is 0.656. The van der Waals surface area contributed by atoms with E-state index >= 15 is 4.39 Å². The van der Waals surface area contributed by atoms with Gasteiger partial charge in [0.15, 0.2) is 5.78 Å². The molecule has 3 aromatic carbocycles. The van der Waals surface area contributed by atoms with Crippen LogP contribution in [0.4, 0.5) is 15.9 Å². The molecule has 18 heteroatoms. The second-order valence-electron chi connectivity index (χ2n) is 19.0. The zero-order valence-electron chi connectivity index (χ0n) is 38.0. The minimum Gasteiger partial charge on any atom is -0.457 e. The van der Waals surface area contributed by atoms with Crippen molar-refractivity contribution in [1.29, 1.82) is 0 Å². The van der Waals surface area contributed by atoms with Gasteiger partial charge >= 0.3 is 0 Å². The molecule has 4 N–H and O–H groups in total. The van der Waals surface area contributed by atoms with Crippen molar-refractivity contribution in [2.75, 3.05) is 42.9 Å². The average Bonchev–Trinajstić information content (AvgIpc) is 3.89. The van der Waals surface area contributed by atoms with Gasteiger partial charge in [-0.05, 0) is 106 Å². The van der Waals surface area contributed by atoms with Crippen LogP contribution in [-0.4, -0.2) is 117 Å². The summed E-state index contributed by atoms with van der Waals surface area (Å²) in [5.41, 5.74) is 1.04. The van der Waals surface area contributed by atoms with E-state index in [-0.39, 0.29) is 58.7 Å². The van der Waals surface area contributed by atoms with Crippen molar-refractivity contribution in [3.05, 3.63) is 107 Å². The van der Waals surface area contributed by atoms with Crippen LogP contribution in [0.3, 0.4) is 0 Å². The summed E-state index contributed by atoms with van der Waals surface area (Å²) in [7, 11) is 0. The van der Waals surface area contributed by atoms with Crippen molar-refractivity contribution in [3.63, 3.8) is 0 Å². The molecule has 5 aliphatic rings. The fraction of sp³-hybridized carbons (Fsp3) is 0.412. The van der Waals surface area contributed by atoms with Crippen LogP contribution in [-0.2, 0) is 14.4 Å². The molecule has 5 amide bonds. The van der Waals surface area contributed by atoms with Gasteiger partial charge in [-0.25, -0.2) is 14.4 Å². The molecule has 6 heterocycles. The second-order valence-corrected chi connectivity index (χ2v) is 19.4. The van der Waals surface area contributed by atoms with E-state index in [2.05, 4.69) is 35.8 Å². The van der Waals surface area contributed by atoms with Crippen LogP contribution in [0.2, 0.25) is 5.02 Å². The highest BCUT2D eigenvalue weighted by atomic mass is 35.5. The molecule has 2 aromatic heterocycles. The summed E-state index contributed by atoms with van der Waals surface area (Å²) in [6, 6.07) is 18.4. The number of H-pyrrole nitrogens is 1. The Bertz CT molecular complexity index is 2820. The van der Waals surface area contributed by atoms with Crippen LogP contribution >= 0.6 is 11.6 Å². The fourth-order valence-corrected chi connectivity index (χ4v) is 10.9. The first-order valence-electron chi connectivity index (χ1n) is 23.8. The van der Waals surface area contributed by atoms with Gasteiger partial charge in [0, 0.05) is 80.9 Å². The molecule has 358 valence electrons. The van der Waals surface area contributed by atoms with E-state index in [1.54, 1.807) is 42.6 Å². The standard InChI is InChI=1S/C51H53ClFN9O7/c52-40-26-35(69-34-4-2-1-3-5-34)11-13-37(40)45(65)39-27-54-46-44(39)47(56-29-55-46)58-32-8-6-31(7-9-32)57-43(64)24-30-16-20-60(21-17-30)28-51(53)18-22-61(23-19-51)33-10-12-36-38(25-33)50(68)62(49(36)67)41-14-15-42(63)59-48(41)66/h1-5,10-13,25-27,29-32,41H,6-9,14-24,28H2,(H,57,64)(H,59,63,66)(H2,54,55,56,58). The van der Waals surface area contributed by atoms with E-state index in [0.717, 1.165) is 62.2 Å². The summed E-state index contributed by atoms with van der Waals surface area (Å²) >= 11 is 6.63. The summed E-state index contributed by atoms with van der Waals surface area (Å²) in [5, 5.41) is 9.90. The number of benzene rings is 3. The van der Waals surface area contributed by atoms with Crippen molar-refractivity contribution < 1.29 is 37.9 Å². The Labute approximate surface area is 402 Å². The van der Waals surface area contributed by atoms with Gasteiger partial charge in [0.1, 0.15) is 41.0 Å². The van der Waals surface area contributed by atoms with Gasteiger partial charge < -0.3 is 30.2 Å². The lowest BCUT2D eigenvalue weighted by Gasteiger charge is -2.42. The van der Waals surface area contributed by atoms with Crippen LogP contribution < -0.4 is 25.6 Å². The van der Waals surface area contributed by atoms with Crippen LogP contribution in [0.1, 0.15) is 107 Å². The van der Waals surface area contributed by atoms with Crippen molar-refractivity contribution in [2.24, 2.45) is 5.92 Å². The Kier molecular flexibility index (Phi) is 12.9. The van der Waals surface area contributed by atoms with Crippen molar-refractivity contribution >= 4 is 69.5 Å². The zero-order valence-corrected chi connectivity index (χ0v) is 38.7. The molecular weight excluding hydrogens is 905 g/mol. The minimum atomic E-state index is -1.37. The van der Waals surface area contributed by atoms with Crippen LogP contribution in [0, 0.1) is 5.92 Å². The van der Waals surface area contributed by atoms with E-state index in [1.807, 2.05) is 35.2 Å². The Morgan fingerprint density at radius 2 is 1.55 bits per heavy atom. The number of anilines is 2. The first-order chi connectivity index (χ1) is 33.4. The first kappa shape index (κ1) is 46.0. The third kappa shape index (κ3) is 9.79. The lowest BCUT2D eigenvalue weighted by molar-refractivity contribution is -0.136. The van der Waals surface area contributed by atoms with E-state index in [1.165, 1.54) is 6.33 Å². The molecule has 4 aliphatic heterocycles. The summed E-state index contributed by atoms with van der Waals surface area (Å²) in [6.45, 7) is 2.66. The van der Waals surface area contributed by atoms with Crippen molar-refractivity contribution in [2.45, 2.75) is 94.4 Å². The molecule has 69 heavy (non-hydrogen) atoms. The topological polar surface area (TPSA) is 199 Å². The van der Waals surface area contributed by atoms with Gasteiger partial charge in [0.2, 0.25) is 17.7 Å². The first-order valence-corrected chi connectivity index (χ1v) is 24.2. The number of amides is 5. The predicted molar refractivity (Wildman–Crippen MR) is 255 cm³/mol. The summed E-state index contributed by atoms with van der Waals surface area (Å²) in [5.74, 6) is -0.458. The van der Waals surface area contributed by atoms with Crippen molar-refractivity contribution in [1.82, 2.24) is 35.4 Å². The number of hydrogen-bond donors (Lipinski definition) is 4. The van der Waals surface area contributed by atoms with Gasteiger partial charge in [-0.15, -0.1) is 0 Å². The number of carbonyl (C=O) groups is 6. The van der Waals surface area contributed by atoms with E-state index < -0.39 is 35.3 Å². The number of aromatic nitrogens is 3. The molecule has 1 atom stereocenters. The number of halogens is 2. The Morgan fingerprint density at radius 3 is 2.29 bits per heavy atom. The lowest BCUT2D eigenvalue weighted by atomic mass is 9.88. The molecule has 3 saturated heterocycles. The maximum Gasteiger partial charge on any atom is 0.262 e. The number of imide groups is 2. The highest BCUT2D eigenvalue weighted by Crippen LogP contribution is 2.37. The average molecular weight is 958 g/mol. The fourth-order valence-electron chi connectivity index (χ4n) is 10.6. The molecule has 1 aliphatic carbocycles. The third-order valence-corrected chi connectivity index (χ3v) is 14.8. The zero-order chi connectivity index (χ0) is 47.8. The SMILES string of the molecule is O=C1CCC(N2C(=O)c3ccc(N4CCC(F)(CN5CCC(CC(=O)NC6CCC(Nc7ncnc8[nH]cc(C(=O)c9ccc(Oc%10ccccc%10)cc9Cl)c78)CC6)CC5)CC4)cc3C2=O)C(=O)N1. The number of nitrogens with one attached hydrogen (secondary N) is 4. The van der Waals surface area contributed by atoms with Gasteiger partial charge in [-0.3, -0.25) is 39.0 Å². The van der Waals surface area contributed by atoms with E-state index in [0.29, 0.717) is 78.4 Å². The van der Waals surface area contributed by atoms with Crippen LogP contribution in [0.25, 0.3) is 11.0 Å². The van der Waals surface area contributed by atoms with E-state index in [4.69, 9.17) is 16.3 Å². The third-order valence-electron chi connectivity index (χ3n) is 14.4. The van der Waals surface area contributed by atoms with Crippen molar-refractivity contribution in [3.8, 4) is 11.5 Å². The van der Waals surface area contributed by atoms with E-state index in [9.17, 15) is 28.8 Å². The minimum absolute atomic E-state index is 0.0480. The number of ketones is 1. The number of para-hydroxylation sites is 1. The van der Waals surface area contributed by atoms with Gasteiger partial charge in [0.05, 0.1) is 27.1 Å². The molecule has 0 bridgehead atoms. The van der Waals surface area contributed by atoms with Crippen LogP contribution in [0.5, 0.6) is 11.5 Å². The summed E-state index contributed by atoms with van der Waals surface area (Å²) < 4.78 is 22.2. The maximum absolute atomic E-state index is 16.3. The molecule has 10 rings (SSSR count). The number of nitrogens with zero attached hydrogens (tertiary/aromatic N) is 5. The molecular formula is C51H53ClFN9O7. The molecule has 4 fully saturated rings. The number of rotatable bonds is 13. The van der Waals surface area contributed by atoms with Gasteiger partial charge in [0.25, 0.3) is 11.8 Å². The molecule has 16 nitrogen and oxygen atoms in total. The summed E-state index contributed by atoms with van der Waals surface area (Å²) in [6.07, 6.45) is 9.15. The molecule has 5 aromatic rings. The highest BCUT2D eigenvalue weighted by molar-refractivity contribution is 6.36. The number of hydrogen-bond acceptors (Lipinski definition) is 12. The number of aromatic amines is 1. The Morgan fingerprint density at radius 1 is 0.812 bits per heavy atom. The largest absolute Gasteiger partial charge is 0.457 e. The Hall–Kier alpha value is -6.72. The molecule has 0 spiro atoms. The number of likely N-dealkylation sites (tertiary alicyclic amines) is 1. The number of piperidine rings is 3. The lowest BCUT2D eigenvalue weighted by Crippen LogP contribution is -2.54. The number of carbonyl (C=O) groups excluding carboxylic acids is 6. The molecule has 0 radical (unpaired) electrons. The van der Waals surface area contributed by atoms with Gasteiger partial charge in [-0.1, -0.05) is 29.8 Å². The van der Waals surface area contributed by atoms with Gasteiger partial charge in [-0.2, -0.15) is 0 Å².